The highest BCUT2D eigenvalue weighted by atomic mass is 32.1. The summed E-state index contributed by atoms with van der Waals surface area (Å²) >= 11 is 1.27. The number of thiazole rings is 1. The summed E-state index contributed by atoms with van der Waals surface area (Å²) in [6, 6.07) is 12.5. The number of amides is 2. The number of aromatic nitrogens is 1. The molecule has 3 aromatic rings. The lowest BCUT2D eigenvalue weighted by Gasteiger charge is -2.10. The van der Waals surface area contributed by atoms with Crippen molar-refractivity contribution in [3.8, 4) is 22.8 Å². The zero-order chi connectivity index (χ0) is 23.8. The lowest BCUT2D eigenvalue weighted by molar-refractivity contribution is -0.146. The van der Waals surface area contributed by atoms with Crippen LogP contribution >= 0.6 is 11.3 Å². The van der Waals surface area contributed by atoms with Crippen molar-refractivity contribution in [3.63, 3.8) is 0 Å². The fourth-order valence-electron chi connectivity index (χ4n) is 2.77. The van der Waals surface area contributed by atoms with Crippen LogP contribution in [0.25, 0.3) is 11.3 Å². The highest BCUT2D eigenvalue weighted by Crippen LogP contribution is 2.27. The number of rotatable bonds is 9. The maximum atomic E-state index is 12.2. The number of anilines is 1. The van der Waals surface area contributed by atoms with Crippen LogP contribution in [0.2, 0.25) is 0 Å². The molecular formula is C23H23N3O6S. The number of hydrogen-bond acceptors (Lipinski definition) is 8. The Morgan fingerprint density at radius 1 is 1.00 bits per heavy atom. The second-order valence-corrected chi connectivity index (χ2v) is 7.72. The van der Waals surface area contributed by atoms with Crippen LogP contribution in [0, 0.1) is 6.92 Å². The molecule has 2 amide bonds. The Morgan fingerprint density at radius 2 is 1.73 bits per heavy atom. The lowest BCUT2D eigenvalue weighted by atomic mass is 10.1. The van der Waals surface area contributed by atoms with Gasteiger partial charge in [0.05, 0.1) is 19.9 Å². The molecule has 172 valence electrons. The second-order valence-electron chi connectivity index (χ2n) is 6.87. The predicted molar refractivity (Wildman–Crippen MR) is 124 cm³/mol. The van der Waals surface area contributed by atoms with E-state index in [4.69, 9.17) is 14.2 Å². The summed E-state index contributed by atoms with van der Waals surface area (Å²) in [5, 5.41) is 7.25. The van der Waals surface area contributed by atoms with Crippen LogP contribution in [0.3, 0.4) is 0 Å². The Bertz CT molecular complexity index is 1140. The molecule has 0 saturated carbocycles. The Hall–Kier alpha value is -3.92. The van der Waals surface area contributed by atoms with E-state index in [-0.39, 0.29) is 5.56 Å². The van der Waals surface area contributed by atoms with Gasteiger partial charge in [-0.15, -0.1) is 11.3 Å². The molecule has 33 heavy (non-hydrogen) atoms. The molecule has 0 saturated heterocycles. The zero-order valence-electron chi connectivity index (χ0n) is 18.3. The molecule has 1 aromatic heterocycles. The predicted octanol–water partition coefficient (Wildman–Crippen LogP) is 3.05. The molecule has 1 heterocycles. The van der Waals surface area contributed by atoms with Crippen molar-refractivity contribution in [2.75, 3.05) is 32.7 Å². The van der Waals surface area contributed by atoms with Crippen molar-refractivity contribution in [3.05, 3.63) is 59.0 Å². The molecule has 0 spiro atoms. The van der Waals surface area contributed by atoms with Crippen LogP contribution in [0.15, 0.2) is 47.8 Å². The van der Waals surface area contributed by atoms with Crippen LogP contribution in [-0.2, 0) is 14.3 Å². The lowest BCUT2D eigenvalue weighted by Crippen LogP contribution is -2.32. The molecule has 3 rings (SSSR count). The van der Waals surface area contributed by atoms with Crippen molar-refractivity contribution in [1.82, 2.24) is 10.3 Å². The molecule has 9 nitrogen and oxygen atoms in total. The summed E-state index contributed by atoms with van der Waals surface area (Å²) < 4.78 is 15.2. The number of ether oxygens (including phenoxy) is 3. The average Bonchev–Trinajstić information content (AvgIpc) is 3.29. The number of benzene rings is 2. The van der Waals surface area contributed by atoms with E-state index in [0.29, 0.717) is 16.6 Å². The largest absolute Gasteiger partial charge is 0.493 e. The molecule has 0 fully saturated rings. The molecule has 0 atom stereocenters. The summed E-state index contributed by atoms with van der Waals surface area (Å²) in [5.74, 6) is -0.913. The Balaban J connectivity index is 1.44. The Labute approximate surface area is 194 Å². The van der Waals surface area contributed by atoms with Crippen LogP contribution in [0.4, 0.5) is 5.13 Å². The van der Waals surface area contributed by atoms with Gasteiger partial charge in [0.25, 0.3) is 11.8 Å². The zero-order valence-corrected chi connectivity index (χ0v) is 19.2. The van der Waals surface area contributed by atoms with E-state index in [1.807, 2.05) is 36.6 Å². The van der Waals surface area contributed by atoms with Crippen molar-refractivity contribution in [2.24, 2.45) is 0 Å². The highest BCUT2D eigenvalue weighted by Gasteiger charge is 2.14. The molecule has 0 aliphatic carbocycles. The quantitative estimate of drug-likeness (QED) is 0.463. The fourth-order valence-corrected chi connectivity index (χ4v) is 3.51. The first-order valence-electron chi connectivity index (χ1n) is 9.88. The number of esters is 1. The number of nitrogens with one attached hydrogen (secondary N) is 2. The minimum Gasteiger partial charge on any atom is -0.493 e. The van der Waals surface area contributed by atoms with Gasteiger partial charge in [-0.05, 0) is 25.1 Å². The molecule has 0 radical (unpaired) electrons. The van der Waals surface area contributed by atoms with Crippen LogP contribution < -0.4 is 20.1 Å². The number of nitrogens with zero attached hydrogens (tertiary/aromatic N) is 1. The third-order valence-electron chi connectivity index (χ3n) is 4.50. The van der Waals surface area contributed by atoms with Gasteiger partial charge in [-0.1, -0.05) is 29.8 Å². The number of aryl methyl sites for hydroxylation is 1. The number of carbonyl (C=O) groups excluding carboxylic acids is 3. The SMILES string of the molecule is COc1ccc(C(=O)NCC(=O)OCC(=O)Nc2nc(-c3ccc(C)cc3)cs2)cc1OC. The number of hydrogen-bond donors (Lipinski definition) is 2. The van der Waals surface area contributed by atoms with Gasteiger partial charge in [-0.25, -0.2) is 4.98 Å². The maximum absolute atomic E-state index is 12.2. The van der Waals surface area contributed by atoms with Gasteiger partial charge in [0.2, 0.25) is 0 Å². The second kappa shape index (κ2) is 11.1. The molecule has 0 aliphatic rings. The summed E-state index contributed by atoms with van der Waals surface area (Å²) in [5.41, 5.74) is 3.11. The van der Waals surface area contributed by atoms with Gasteiger partial charge >= 0.3 is 5.97 Å². The molecule has 2 N–H and O–H groups in total. The van der Waals surface area contributed by atoms with E-state index in [1.54, 1.807) is 6.07 Å². The minimum absolute atomic E-state index is 0.284. The van der Waals surface area contributed by atoms with Crippen molar-refractivity contribution < 1.29 is 28.6 Å². The van der Waals surface area contributed by atoms with Crippen molar-refractivity contribution in [1.29, 1.82) is 0 Å². The summed E-state index contributed by atoms with van der Waals surface area (Å²) in [6.45, 7) is 1.11. The molecule has 0 bridgehead atoms. The summed E-state index contributed by atoms with van der Waals surface area (Å²) in [7, 11) is 2.94. The monoisotopic (exact) mass is 469 g/mol. The highest BCUT2D eigenvalue weighted by molar-refractivity contribution is 7.14. The number of methoxy groups -OCH3 is 2. The van der Waals surface area contributed by atoms with Gasteiger partial charge in [0.15, 0.2) is 23.2 Å². The van der Waals surface area contributed by atoms with Gasteiger partial charge in [-0.2, -0.15) is 0 Å². The van der Waals surface area contributed by atoms with Gasteiger partial charge in [0, 0.05) is 16.5 Å². The van der Waals surface area contributed by atoms with E-state index >= 15 is 0 Å². The van der Waals surface area contributed by atoms with E-state index in [9.17, 15) is 14.4 Å². The smallest absolute Gasteiger partial charge is 0.325 e. The summed E-state index contributed by atoms with van der Waals surface area (Å²) in [4.78, 5) is 40.6. The normalized spacial score (nSPS) is 10.3. The molecule has 0 aliphatic heterocycles. The van der Waals surface area contributed by atoms with Crippen LogP contribution in [-0.4, -0.2) is 50.1 Å². The Morgan fingerprint density at radius 3 is 2.42 bits per heavy atom. The van der Waals surface area contributed by atoms with E-state index < -0.39 is 30.9 Å². The summed E-state index contributed by atoms with van der Waals surface area (Å²) in [6.07, 6.45) is 0. The van der Waals surface area contributed by atoms with Crippen molar-refractivity contribution in [2.45, 2.75) is 6.92 Å². The topological polar surface area (TPSA) is 116 Å². The molecular weight excluding hydrogens is 446 g/mol. The van der Waals surface area contributed by atoms with Crippen LogP contribution in [0.5, 0.6) is 11.5 Å². The van der Waals surface area contributed by atoms with E-state index in [2.05, 4.69) is 15.6 Å². The number of carbonyl (C=O) groups is 3. The maximum Gasteiger partial charge on any atom is 0.325 e. The molecule has 10 heteroatoms. The molecule has 2 aromatic carbocycles. The third-order valence-corrected chi connectivity index (χ3v) is 5.26. The Kier molecular flexibility index (Phi) is 7.98. The molecule has 0 unspecified atom stereocenters. The fraction of sp³-hybridized carbons (Fsp3) is 0.217. The average molecular weight is 470 g/mol. The first-order chi connectivity index (χ1) is 15.9. The third kappa shape index (κ3) is 6.53. The first-order valence-corrected chi connectivity index (χ1v) is 10.8. The van der Waals surface area contributed by atoms with E-state index in [0.717, 1.165) is 16.8 Å². The van der Waals surface area contributed by atoms with Gasteiger partial charge < -0.3 is 19.5 Å². The van der Waals surface area contributed by atoms with Gasteiger partial charge in [-0.3, -0.25) is 19.7 Å². The van der Waals surface area contributed by atoms with Crippen molar-refractivity contribution >= 4 is 34.3 Å². The first kappa shape index (κ1) is 23.7. The standard InChI is InChI=1S/C23H23N3O6S/c1-14-4-6-15(7-5-14)17-13-33-23(25-17)26-20(27)12-32-21(28)11-24-22(29)16-8-9-18(30-2)19(10-16)31-3/h4-10,13H,11-12H2,1-3H3,(H,24,29)(H,25,26,27). The minimum atomic E-state index is -0.751. The van der Waals surface area contributed by atoms with Gasteiger partial charge in [0.1, 0.15) is 6.54 Å². The van der Waals surface area contributed by atoms with Crippen LogP contribution in [0.1, 0.15) is 15.9 Å². The van der Waals surface area contributed by atoms with E-state index in [1.165, 1.54) is 37.7 Å².